The van der Waals surface area contributed by atoms with Gasteiger partial charge in [0.05, 0.1) is 12.2 Å². The first-order chi connectivity index (χ1) is 12.7. The molecule has 150 valence electrons. The summed E-state index contributed by atoms with van der Waals surface area (Å²) >= 11 is 0. The number of ether oxygens (including phenoxy) is 1. The van der Waals surface area contributed by atoms with E-state index in [1.165, 1.54) is 5.56 Å². The number of piperidine rings is 1. The molecule has 2 aliphatic rings. The van der Waals surface area contributed by atoms with E-state index < -0.39 is 5.60 Å². The van der Waals surface area contributed by atoms with Crippen LogP contribution >= 0.6 is 0 Å². The Labute approximate surface area is 163 Å². The number of benzene rings is 1. The zero-order valence-corrected chi connectivity index (χ0v) is 17.2. The number of hydrogen-bond donors (Lipinski definition) is 1. The van der Waals surface area contributed by atoms with Gasteiger partial charge in [-0.15, -0.1) is 0 Å². The molecule has 5 nitrogen and oxygen atoms in total. The largest absolute Gasteiger partial charge is 0.379 e. The molecular weight excluding hydrogens is 340 g/mol. The number of amides is 1. The van der Waals surface area contributed by atoms with Crippen molar-refractivity contribution in [2.24, 2.45) is 0 Å². The van der Waals surface area contributed by atoms with Gasteiger partial charge in [-0.1, -0.05) is 38.1 Å². The number of carbonyl (C=O) groups excluding carboxylic acids is 1. The van der Waals surface area contributed by atoms with Crippen molar-refractivity contribution >= 4 is 5.91 Å². The first-order valence-electron chi connectivity index (χ1n) is 10.2. The highest BCUT2D eigenvalue weighted by Crippen LogP contribution is 2.27. The SMILES string of the molecule is CC(C)c1ccc(CN2CCC[C@@](O)(CN3CCOC(C)(C)C3)C2=O)cc1. The molecule has 0 spiro atoms. The Morgan fingerprint density at radius 3 is 2.52 bits per heavy atom. The number of aliphatic hydroxyl groups is 1. The molecule has 1 N–H and O–H groups in total. The third-order valence-corrected chi connectivity index (χ3v) is 5.71. The number of hydrogen-bond acceptors (Lipinski definition) is 4. The van der Waals surface area contributed by atoms with E-state index in [-0.39, 0.29) is 11.5 Å². The molecule has 2 aliphatic heterocycles. The van der Waals surface area contributed by atoms with Gasteiger partial charge in [-0.25, -0.2) is 0 Å². The Kier molecular flexibility index (Phi) is 5.94. The van der Waals surface area contributed by atoms with E-state index in [1.54, 1.807) is 0 Å². The van der Waals surface area contributed by atoms with Crippen molar-refractivity contribution in [1.29, 1.82) is 0 Å². The normalized spacial score (nSPS) is 26.6. The predicted molar refractivity (Wildman–Crippen MR) is 107 cm³/mol. The van der Waals surface area contributed by atoms with E-state index in [0.717, 1.165) is 25.1 Å². The van der Waals surface area contributed by atoms with Crippen LogP contribution in [0.25, 0.3) is 0 Å². The summed E-state index contributed by atoms with van der Waals surface area (Å²) in [6, 6.07) is 8.47. The highest BCUT2D eigenvalue weighted by atomic mass is 16.5. The Morgan fingerprint density at radius 2 is 1.89 bits per heavy atom. The second-order valence-electron chi connectivity index (χ2n) is 9.08. The summed E-state index contributed by atoms with van der Waals surface area (Å²) < 4.78 is 5.75. The van der Waals surface area contributed by atoms with Crippen LogP contribution in [0.1, 0.15) is 57.6 Å². The summed E-state index contributed by atoms with van der Waals surface area (Å²) in [4.78, 5) is 17.1. The Morgan fingerprint density at radius 1 is 1.19 bits per heavy atom. The maximum absolute atomic E-state index is 13.1. The summed E-state index contributed by atoms with van der Waals surface area (Å²) in [6.45, 7) is 12.3. The summed E-state index contributed by atoms with van der Waals surface area (Å²) in [6.07, 6.45) is 1.37. The molecule has 3 rings (SSSR count). The van der Waals surface area contributed by atoms with Gasteiger partial charge in [0.25, 0.3) is 5.91 Å². The van der Waals surface area contributed by atoms with Crippen LogP contribution in [0.4, 0.5) is 0 Å². The number of nitrogens with zero attached hydrogens (tertiary/aromatic N) is 2. The van der Waals surface area contributed by atoms with Gasteiger partial charge >= 0.3 is 0 Å². The van der Waals surface area contributed by atoms with E-state index in [9.17, 15) is 9.90 Å². The van der Waals surface area contributed by atoms with Gasteiger partial charge in [-0.3, -0.25) is 9.69 Å². The fourth-order valence-corrected chi connectivity index (χ4v) is 4.21. The molecule has 0 aliphatic carbocycles. The van der Waals surface area contributed by atoms with Crippen LogP contribution in [0.2, 0.25) is 0 Å². The smallest absolute Gasteiger partial charge is 0.256 e. The zero-order chi connectivity index (χ0) is 19.7. The van der Waals surface area contributed by atoms with Gasteiger partial charge in [0.15, 0.2) is 5.60 Å². The van der Waals surface area contributed by atoms with Gasteiger partial charge in [-0.05, 0) is 43.7 Å². The van der Waals surface area contributed by atoms with Crippen LogP contribution in [-0.2, 0) is 16.1 Å². The number of β-amino-alcohol motifs (C(OH)–C–C–N with tert-alkyl or cyclic N) is 1. The molecule has 1 amide bonds. The van der Waals surface area contributed by atoms with Crippen molar-refractivity contribution in [3.63, 3.8) is 0 Å². The zero-order valence-electron chi connectivity index (χ0n) is 17.2. The molecule has 5 heteroatoms. The second kappa shape index (κ2) is 7.90. The summed E-state index contributed by atoms with van der Waals surface area (Å²) in [5, 5.41) is 11.2. The highest BCUT2D eigenvalue weighted by molar-refractivity contribution is 5.86. The molecule has 2 heterocycles. The summed E-state index contributed by atoms with van der Waals surface area (Å²) in [5.41, 5.74) is 0.896. The molecule has 1 aromatic carbocycles. The molecular formula is C22H34N2O3. The molecule has 2 saturated heterocycles. The second-order valence-corrected chi connectivity index (χ2v) is 9.08. The van der Waals surface area contributed by atoms with Gasteiger partial charge in [0.2, 0.25) is 0 Å². The molecule has 0 unspecified atom stereocenters. The molecule has 0 bridgehead atoms. The van der Waals surface area contributed by atoms with Gasteiger partial charge in [-0.2, -0.15) is 0 Å². The fraction of sp³-hybridized carbons (Fsp3) is 0.682. The monoisotopic (exact) mass is 374 g/mol. The summed E-state index contributed by atoms with van der Waals surface area (Å²) in [5.74, 6) is 0.365. The lowest BCUT2D eigenvalue weighted by molar-refractivity contribution is -0.165. The Balaban J connectivity index is 1.65. The standard InChI is InChI=1S/C22H34N2O3/c1-17(2)19-8-6-18(7-9-19)14-24-11-5-10-22(26,20(24)25)16-23-12-13-27-21(3,4)15-23/h6-9,17,26H,5,10-16H2,1-4H3/t22-/m1/s1. The van der Waals surface area contributed by atoms with E-state index in [0.29, 0.717) is 38.6 Å². The lowest BCUT2D eigenvalue weighted by Gasteiger charge is -2.44. The van der Waals surface area contributed by atoms with E-state index in [4.69, 9.17) is 4.74 Å². The molecule has 27 heavy (non-hydrogen) atoms. The molecule has 0 radical (unpaired) electrons. The molecule has 1 atom stereocenters. The lowest BCUT2D eigenvalue weighted by atomic mass is 9.90. The van der Waals surface area contributed by atoms with Crippen molar-refractivity contribution in [3.8, 4) is 0 Å². The third kappa shape index (κ3) is 4.89. The fourth-order valence-electron chi connectivity index (χ4n) is 4.21. The van der Waals surface area contributed by atoms with Crippen molar-refractivity contribution < 1.29 is 14.6 Å². The number of rotatable bonds is 5. The third-order valence-electron chi connectivity index (χ3n) is 5.71. The van der Waals surface area contributed by atoms with Crippen molar-refractivity contribution in [1.82, 2.24) is 9.80 Å². The van der Waals surface area contributed by atoms with Crippen LogP contribution in [0, 0.1) is 0 Å². The topological polar surface area (TPSA) is 53.0 Å². The molecule has 0 saturated carbocycles. The van der Waals surface area contributed by atoms with Crippen molar-refractivity contribution in [2.45, 2.75) is 64.2 Å². The average molecular weight is 375 g/mol. The number of morpholine rings is 1. The van der Waals surface area contributed by atoms with Crippen LogP contribution in [0.15, 0.2) is 24.3 Å². The van der Waals surface area contributed by atoms with Crippen LogP contribution in [0.5, 0.6) is 0 Å². The average Bonchev–Trinajstić information content (AvgIpc) is 2.59. The quantitative estimate of drug-likeness (QED) is 0.861. The maximum Gasteiger partial charge on any atom is 0.256 e. The molecule has 2 fully saturated rings. The van der Waals surface area contributed by atoms with E-state index in [1.807, 2.05) is 4.90 Å². The van der Waals surface area contributed by atoms with E-state index in [2.05, 4.69) is 56.9 Å². The number of carbonyl (C=O) groups is 1. The highest BCUT2D eigenvalue weighted by Gasteiger charge is 2.44. The van der Waals surface area contributed by atoms with Crippen molar-refractivity contribution in [2.75, 3.05) is 32.8 Å². The first-order valence-corrected chi connectivity index (χ1v) is 10.2. The minimum atomic E-state index is -1.29. The van der Waals surface area contributed by atoms with E-state index >= 15 is 0 Å². The van der Waals surface area contributed by atoms with Crippen LogP contribution < -0.4 is 0 Å². The Hall–Kier alpha value is -1.43. The molecule has 0 aromatic heterocycles. The number of likely N-dealkylation sites (tertiary alicyclic amines) is 1. The van der Waals surface area contributed by atoms with Crippen molar-refractivity contribution in [3.05, 3.63) is 35.4 Å². The predicted octanol–water partition coefficient (Wildman–Crippen LogP) is 2.77. The lowest BCUT2D eigenvalue weighted by Crippen LogP contribution is -2.61. The minimum Gasteiger partial charge on any atom is -0.379 e. The van der Waals surface area contributed by atoms with Crippen LogP contribution in [0.3, 0.4) is 0 Å². The Bertz CT molecular complexity index is 656. The maximum atomic E-state index is 13.1. The summed E-state index contributed by atoms with van der Waals surface area (Å²) in [7, 11) is 0. The molecule has 1 aromatic rings. The first kappa shape index (κ1) is 20.3. The van der Waals surface area contributed by atoms with Crippen LogP contribution in [-0.4, -0.2) is 64.8 Å². The minimum absolute atomic E-state index is 0.133. The van der Waals surface area contributed by atoms with Gasteiger partial charge in [0, 0.05) is 32.7 Å². The van der Waals surface area contributed by atoms with Gasteiger partial charge < -0.3 is 14.7 Å². The van der Waals surface area contributed by atoms with Gasteiger partial charge in [0.1, 0.15) is 0 Å².